The summed E-state index contributed by atoms with van der Waals surface area (Å²) in [6, 6.07) is 12.1. The van der Waals surface area contributed by atoms with Crippen molar-refractivity contribution in [3.8, 4) is 0 Å². The summed E-state index contributed by atoms with van der Waals surface area (Å²) in [7, 11) is 0. The number of nitrogens with one attached hydrogen (secondary N) is 2. The molecule has 1 heterocycles. The Morgan fingerprint density at radius 1 is 1.12 bits per heavy atom. The van der Waals surface area contributed by atoms with E-state index in [0.717, 1.165) is 31.0 Å². The molecule has 0 saturated carbocycles. The van der Waals surface area contributed by atoms with Crippen molar-refractivity contribution in [3.05, 3.63) is 64.4 Å². The molecule has 0 fully saturated rings. The summed E-state index contributed by atoms with van der Waals surface area (Å²) in [6.45, 7) is 7.59. The third kappa shape index (κ3) is 7.02. The largest absolute Gasteiger partial charge is 0.377 e. The van der Waals surface area contributed by atoms with Crippen molar-refractivity contribution < 1.29 is 4.74 Å². The predicted molar refractivity (Wildman–Crippen MR) is 108 cm³/mol. The van der Waals surface area contributed by atoms with Gasteiger partial charge in [0.1, 0.15) is 5.15 Å². The van der Waals surface area contributed by atoms with Crippen LogP contribution in [0.3, 0.4) is 0 Å². The number of hydrogen-bond acceptors (Lipinski definition) is 3. The van der Waals surface area contributed by atoms with Crippen LogP contribution in [0, 0.1) is 0 Å². The lowest BCUT2D eigenvalue weighted by Crippen LogP contribution is -2.38. The van der Waals surface area contributed by atoms with Crippen molar-refractivity contribution >= 4 is 17.6 Å². The van der Waals surface area contributed by atoms with Gasteiger partial charge in [0.2, 0.25) is 0 Å². The molecule has 140 valence electrons. The van der Waals surface area contributed by atoms with E-state index in [1.165, 1.54) is 11.1 Å². The average molecular weight is 375 g/mol. The van der Waals surface area contributed by atoms with Crippen LogP contribution in [0.25, 0.3) is 0 Å². The molecule has 0 aliphatic rings. The monoisotopic (exact) mass is 374 g/mol. The van der Waals surface area contributed by atoms with Crippen LogP contribution in [0.5, 0.6) is 0 Å². The molecule has 0 unspecified atom stereocenters. The molecule has 2 aromatic rings. The van der Waals surface area contributed by atoms with Gasteiger partial charge in [-0.2, -0.15) is 0 Å². The molecular weight excluding hydrogens is 348 g/mol. The zero-order valence-electron chi connectivity index (χ0n) is 15.5. The van der Waals surface area contributed by atoms with E-state index in [4.69, 9.17) is 21.3 Å². The molecule has 2 rings (SSSR count). The van der Waals surface area contributed by atoms with Crippen molar-refractivity contribution in [2.75, 3.05) is 19.7 Å². The van der Waals surface area contributed by atoms with Gasteiger partial charge in [-0.05, 0) is 43.0 Å². The number of guanidine groups is 1. The first-order valence-corrected chi connectivity index (χ1v) is 9.37. The SMILES string of the molecule is CCNC(=NCc1ccccc1COCC)NCCc1ccc(Cl)nc1. The van der Waals surface area contributed by atoms with Gasteiger partial charge in [0.15, 0.2) is 5.96 Å². The van der Waals surface area contributed by atoms with Gasteiger partial charge in [-0.25, -0.2) is 9.98 Å². The highest BCUT2D eigenvalue weighted by Gasteiger charge is 2.03. The van der Waals surface area contributed by atoms with Crippen LogP contribution in [0.1, 0.15) is 30.5 Å². The van der Waals surface area contributed by atoms with E-state index in [1.54, 1.807) is 6.20 Å². The molecule has 0 amide bonds. The fourth-order valence-corrected chi connectivity index (χ4v) is 2.56. The standard InChI is InChI=1S/C20H27ClN4O/c1-3-22-20(23-12-11-16-9-10-19(21)24-13-16)25-14-17-7-5-6-8-18(17)15-26-4-2/h5-10,13H,3-4,11-12,14-15H2,1-2H3,(H2,22,23,25). The number of pyridine rings is 1. The normalized spacial score (nSPS) is 11.4. The summed E-state index contributed by atoms with van der Waals surface area (Å²) in [5.41, 5.74) is 3.50. The van der Waals surface area contributed by atoms with Crippen LogP contribution >= 0.6 is 11.6 Å². The number of aliphatic imine (C=N–C) groups is 1. The molecule has 2 N–H and O–H groups in total. The van der Waals surface area contributed by atoms with E-state index in [2.05, 4.69) is 34.7 Å². The fraction of sp³-hybridized carbons (Fsp3) is 0.400. The minimum atomic E-state index is 0.516. The molecule has 26 heavy (non-hydrogen) atoms. The predicted octanol–water partition coefficient (Wildman–Crippen LogP) is 3.57. The minimum absolute atomic E-state index is 0.516. The van der Waals surface area contributed by atoms with Crippen molar-refractivity contribution in [2.24, 2.45) is 4.99 Å². The van der Waals surface area contributed by atoms with Crippen LogP contribution < -0.4 is 10.6 Å². The van der Waals surface area contributed by atoms with Crippen LogP contribution in [0.4, 0.5) is 0 Å². The van der Waals surface area contributed by atoms with Gasteiger partial charge in [-0.1, -0.05) is 41.9 Å². The average Bonchev–Trinajstić information content (AvgIpc) is 2.66. The molecule has 0 spiro atoms. The van der Waals surface area contributed by atoms with Crippen molar-refractivity contribution in [2.45, 2.75) is 33.4 Å². The first-order chi connectivity index (χ1) is 12.7. The van der Waals surface area contributed by atoms with Crippen LogP contribution in [0.2, 0.25) is 5.15 Å². The number of ether oxygens (including phenoxy) is 1. The Hall–Kier alpha value is -2.11. The summed E-state index contributed by atoms with van der Waals surface area (Å²) in [6.07, 6.45) is 2.66. The topological polar surface area (TPSA) is 58.5 Å². The number of halogens is 1. The Labute approximate surface area is 160 Å². The first kappa shape index (κ1) is 20.2. The molecular formula is C20H27ClN4O. The van der Waals surface area contributed by atoms with Crippen LogP contribution in [-0.4, -0.2) is 30.6 Å². The van der Waals surface area contributed by atoms with E-state index in [0.29, 0.717) is 24.9 Å². The van der Waals surface area contributed by atoms with Gasteiger partial charge in [-0.3, -0.25) is 0 Å². The lowest BCUT2D eigenvalue weighted by atomic mass is 10.1. The molecule has 1 aromatic heterocycles. The lowest BCUT2D eigenvalue weighted by Gasteiger charge is -2.12. The summed E-state index contributed by atoms with van der Waals surface area (Å²) in [5.74, 6) is 0.806. The molecule has 6 heteroatoms. The molecule has 0 atom stereocenters. The number of hydrogen-bond donors (Lipinski definition) is 2. The maximum atomic E-state index is 5.82. The fourth-order valence-electron chi connectivity index (χ4n) is 2.45. The number of benzene rings is 1. The summed E-state index contributed by atoms with van der Waals surface area (Å²) < 4.78 is 5.54. The highest BCUT2D eigenvalue weighted by Crippen LogP contribution is 2.11. The van der Waals surface area contributed by atoms with Gasteiger partial charge >= 0.3 is 0 Å². The summed E-state index contributed by atoms with van der Waals surface area (Å²) in [4.78, 5) is 8.80. The van der Waals surface area contributed by atoms with Crippen LogP contribution in [-0.2, 0) is 24.3 Å². The Balaban J connectivity index is 1.92. The summed E-state index contributed by atoms with van der Waals surface area (Å²) in [5, 5.41) is 7.16. The Morgan fingerprint density at radius 3 is 2.62 bits per heavy atom. The third-order valence-corrected chi connectivity index (χ3v) is 4.05. The number of nitrogens with zero attached hydrogens (tertiary/aromatic N) is 2. The summed E-state index contributed by atoms with van der Waals surface area (Å²) >= 11 is 5.82. The maximum absolute atomic E-state index is 5.82. The molecule has 1 aromatic carbocycles. The van der Waals surface area contributed by atoms with E-state index >= 15 is 0 Å². The van der Waals surface area contributed by atoms with Gasteiger partial charge in [0.25, 0.3) is 0 Å². The second-order valence-corrected chi connectivity index (χ2v) is 6.15. The third-order valence-electron chi connectivity index (χ3n) is 3.83. The molecule has 0 radical (unpaired) electrons. The zero-order chi connectivity index (χ0) is 18.6. The highest BCUT2D eigenvalue weighted by molar-refractivity contribution is 6.29. The smallest absolute Gasteiger partial charge is 0.191 e. The zero-order valence-corrected chi connectivity index (χ0v) is 16.2. The quantitative estimate of drug-likeness (QED) is 0.400. The van der Waals surface area contributed by atoms with Gasteiger partial charge in [0, 0.05) is 25.9 Å². The molecule has 0 aliphatic heterocycles. The second-order valence-electron chi connectivity index (χ2n) is 5.77. The van der Waals surface area contributed by atoms with E-state index in [-0.39, 0.29) is 0 Å². The minimum Gasteiger partial charge on any atom is -0.377 e. The molecule has 0 aliphatic carbocycles. The molecule has 0 saturated heterocycles. The molecule has 5 nitrogen and oxygen atoms in total. The second kappa shape index (κ2) is 11.5. The van der Waals surface area contributed by atoms with Crippen molar-refractivity contribution in [3.63, 3.8) is 0 Å². The first-order valence-electron chi connectivity index (χ1n) is 9.00. The van der Waals surface area contributed by atoms with E-state index < -0.39 is 0 Å². The van der Waals surface area contributed by atoms with E-state index in [9.17, 15) is 0 Å². The maximum Gasteiger partial charge on any atom is 0.191 e. The van der Waals surface area contributed by atoms with Gasteiger partial charge in [0.05, 0.1) is 13.2 Å². The van der Waals surface area contributed by atoms with Crippen molar-refractivity contribution in [1.29, 1.82) is 0 Å². The number of aromatic nitrogens is 1. The number of rotatable bonds is 9. The highest BCUT2D eigenvalue weighted by atomic mass is 35.5. The van der Waals surface area contributed by atoms with Crippen LogP contribution in [0.15, 0.2) is 47.6 Å². The Bertz CT molecular complexity index is 688. The Morgan fingerprint density at radius 2 is 1.92 bits per heavy atom. The van der Waals surface area contributed by atoms with Gasteiger partial charge < -0.3 is 15.4 Å². The lowest BCUT2D eigenvalue weighted by molar-refractivity contribution is 0.133. The van der Waals surface area contributed by atoms with Gasteiger partial charge in [-0.15, -0.1) is 0 Å². The van der Waals surface area contributed by atoms with E-state index in [1.807, 2.05) is 31.2 Å². The van der Waals surface area contributed by atoms with Crippen molar-refractivity contribution in [1.82, 2.24) is 15.6 Å². The Kier molecular flexibility index (Phi) is 8.93. The molecule has 0 bridgehead atoms.